The molecule has 5 rings (SSSR count). The summed E-state index contributed by atoms with van der Waals surface area (Å²) in [4.78, 5) is 16.9. The topological polar surface area (TPSA) is 105 Å². The molecular weight excluding hydrogens is 410 g/mol. The van der Waals surface area contributed by atoms with Gasteiger partial charge in [0.05, 0.1) is 22.7 Å². The molecule has 0 spiro atoms. The zero-order valence-electron chi connectivity index (χ0n) is 16.7. The van der Waals surface area contributed by atoms with Crippen LogP contribution >= 0.6 is 11.3 Å². The Labute approximate surface area is 182 Å². The van der Waals surface area contributed by atoms with E-state index in [1.165, 1.54) is 5.56 Å². The van der Waals surface area contributed by atoms with Gasteiger partial charge in [0.15, 0.2) is 0 Å². The number of aromatic nitrogens is 3. The molecule has 0 saturated heterocycles. The summed E-state index contributed by atoms with van der Waals surface area (Å²) in [5.41, 5.74) is 2.52. The second kappa shape index (κ2) is 7.93. The lowest BCUT2D eigenvalue weighted by atomic mass is 9.78. The molecule has 1 aliphatic carbocycles. The van der Waals surface area contributed by atoms with Gasteiger partial charge < -0.3 is 9.73 Å². The number of carbonyl (C=O) groups excluding carboxylic acids is 1. The second-order valence-electron chi connectivity index (χ2n) is 7.69. The summed E-state index contributed by atoms with van der Waals surface area (Å²) in [6.45, 7) is 0. The van der Waals surface area contributed by atoms with Crippen molar-refractivity contribution in [2.24, 2.45) is 0 Å². The molecule has 0 unspecified atom stereocenters. The highest BCUT2D eigenvalue weighted by Gasteiger charge is 2.38. The van der Waals surface area contributed by atoms with E-state index in [2.05, 4.69) is 50.8 Å². The molecule has 2 aromatic carbocycles. The van der Waals surface area contributed by atoms with E-state index in [0.29, 0.717) is 25.2 Å². The van der Waals surface area contributed by atoms with Crippen molar-refractivity contribution in [2.45, 2.75) is 37.6 Å². The van der Waals surface area contributed by atoms with Crippen molar-refractivity contribution in [1.29, 1.82) is 5.26 Å². The average Bonchev–Trinajstić information content (AvgIpc) is 3.37. The maximum absolute atomic E-state index is 12.2. The highest BCUT2D eigenvalue weighted by Crippen LogP contribution is 2.31. The Bertz CT molecular complexity index is 1280. The van der Waals surface area contributed by atoms with Gasteiger partial charge in [0, 0.05) is 0 Å². The fraction of sp³-hybridized carbons (Fsp3) is 0.261. The van der Waals surface area contributed by atoms with E-state index in [0.717, 1.165) is 27.2 Å². The highest BCUT2D eigenvalue weighted by molar-refractivity contribution is 7.18. The van der Waals surface area contributed by atoms with Crippen LogP contribution in [0, 0.1) is 11.3 Å². The monoisotopic (exact) mass is 429 g/mol. The lowest BCUT2D eigenvalue weighted by Gasteiger charge is -2.35. The third-order valence-corrected chi connectivity index (χ3v) is 6.48. The number of hydrogen-bond acceptors (Lipinski definition) is 7. The van der Waals surface area contributed by atoms with Crippen molar-refractivity contribution in [3.63, 3.8) is 0 Å². The van der Waals surface area contributed by atoms with Crippen molar-refractivity contribution in [2.75, 3.05) is 0 Å². The minimum absolute atomic E-state index is 0.0310. The third-order valence-electron chi connectivity index (χ3n) is 5.46. The summed E-state index contributed by atoms with van der Waals surface area (Å²) in [6, 6.07) is 18.6. The molecule has 1 saturated carbocycles. The first-order valence-corrected chi connectivity index (χ1v) is 10.9. The number of carbonyl (C=O) groups is 1. The van der Waals surface area contributed by atoms with Crippen LogP contribution in [0.3, 0.4) is 0 Å². The molecule has 0 atom stereocenters. The third kappa shape index (κ3) is 4.05. The largest absolute Gasteiger partial charge is 0.424 e. The average molecular weight is 430 g/mol. The highest BCUT2D eigenvalue weighted by atomic mass is 32.1. The quantitative estimate of drug-likeness (QED) is 0.496. The van der Waals surface area contributed by atoms with E-state index in [1.807, 2.05) is 24.3 Å². The summed E-state index contributed by atoms with van der Waals surface area (Å²) in [5, 5.41) is 20.9. The number of rotatable bonds is 6. The van der Waals surface area contributed by atoms with E-state index in [9.17, 15) is 10.1 Å². The lowest BCUT2D eigenvalue weighted by Crippen LogP contribution is -2.52. The number of amides is 1. The van der Waals surface area contributed by atoms with Gasteiger partial charge in [0.1, 0.15) is 17.0 Å². The molecule has 154 valence electrons. The second-order valence-corrected chi connectivity index (χ2v) is 8.81. The molecular formula is C23H19N5O2S. The van der Waals surface area contributed by atoms with Crippen LogP contribution in [0.1, 0.15) is 36.1 Å². The zero-order chi connectivity index (χ0) is 21.3. The van der Waals surface area contributed by atoms with Crippen molar-refractivity contribution < 1.29 is 9.21 Å². The molecule has 2 heterocycles. The molecule has 7 nitrogen and oxygen atoms in total. The Hall–Kier alpha value is -3.57. The van der Waals surface area contributed by atoms with Crippen LogP contribution in [0.25, 0.3) is 21.3 Å². The predicted octanol–water partition coefficient (Wildman–Crippen LogP) is 4.04. The summed E-state index contributed by atoms with van der Waals surface area (Å²) in [7, 11) is 0. The van der Waals surface area contributed by atoms with Gasteiger partial charge in [-0.25, -0.2) is 4.98 Å². The summed E-state index contributed by atoms with van der Waals surface area (Å²) in [6.07, 6.45) is 2.71. The normalized spacial score (nSPS) is 14.7. The van der Waals surface area contributed by atoms with Gasteiger partial charge in [-0.3, -0.25) is 4.79 Å². The number of fused-ring (bicyclic) bond motifs is 1. The van der Waals surface area contributed by atoms with Crippen LogP contribution < -0.4 is 5.32 Å². The van der Waals surface area contributed by atoms with Crippen molar-refractivity contribution in [3.05, 3.63) is 65.3 Å². The van der Waals surface area contributed by atoms with Gasteiger partial charge in [0.25, 0.3) is 0 Å². The zero-order valence-corrected chi connectivity index (χ0v) is 17.5. The number of nitriles is 1. The van der Waals surface area contributed by atoms with E-state index in [4.69, 9.17) is 4.42 Å². The van der Waals surface area contributed by atoms with Crippen LogP contribution in [0.5, 0.6) is 0 Å². The van der Waals surface area contributed by atoms with Gasteiger partial charge in [-0.1, -0.05) is 36.4 Å². The first kappa shape index (κ1) is 19.4. The predicted molar refractivity (Wildman–Crippen MR) is 116 cm³/mol. The first-order valence-electron chi connectivity index (χ1n) is 10.1. The van der Waals surface area contributed by atoms with E-state index >= 15 is 0 Å². The maximum atomic E-state index is 12.2. The van der Waals surface area contributed by atoms with Crippen LogP contribution in [-0.4, -0.2) is 26.6 Å². The Morgan fingerprint density at radius 2 is 1.94 bits per heavy atom. The fourth-order valence-electron chi connectivity index (χ4n) is 3.66. The number of hydrogen-bond donors (Lipinski definition) is 1. The molecule has 31 heavy (non-hydrogen) atoms. The summed E-state index contributed by atoms with van der Waals surface area (Å²) < 4.78 is 6.74. The van der Waals surface area contributed by atoms with Gasteiger partial charge in [-0.05, 0) is 42.5 Å². The molecule has 1 amide bonds. The number of benzene rings is 2. The van der Waals surface area contributed by atoms with Crippen LogP contribution in [0.2, 0.25) is 0 Å². The van der Waals surface area contributed by atoms with Crippen LogP contribution in [0.4, 0.5) is 0 Å². The molecule has 0 bridgehead atoms. The van der Waals surface area contributed by atoms with Crippen LogP contribution in [0.15, 0.2) is 52.9 Å². The minimum atomic E-state index is -0.723. The molecule has 8 heteroatoms. The molecule has 2 aromatic heterocycles. The first-order chi connectivity index (χ1) is 15.1. The van der Waals surface area contributed by atoms with Crippen molar-refractivity contribution in [1.82, 2.24) is 20.5 Å². The van der Waals surface area contributed by atoms with Gasteiger partial charge in [-0.15, -0.1) is 21.5 Å². The molecule has 0 radical (unpaired) electrons. The number of nitrogens with one attached hydrogen (secondary N) is 1. The van der Waals surface area contributed by atoms with E-state index in [-0.39, 0.29) is 18.2 Å². The Morgan fingerprint density at radius 1 is 1.13 bits per heavy atom. The Morgan fingerprint density at radius 3 is 2.68 bits per heavy atom. The minimum Gasteiger partial charge on any atom is -0.424 e. The Balaban J connectivity index is 1.27. The molecule has 0 aliphatic heterocycles. The lowest BCUT2D eigenvalue weighted by molar-refractivity contribution is -0.122. The van der Waals surface area contributed by atoms with Gasteiger partial charge >= 0.3 is 0 Å². The standard InChI is InChI=1S/C23H19N5O2S/c24-14-23(9-4-10-23)26-19(29)12-20-27-28-21(30-20)13-22-25-17-8-7-16(11-18(17)31-22)15-5-2-1-3-6-15/h1-3,5-8,11H,4,9-10,12-13H2,(H,26,29). The summed E-state index contributed by atoms with van der Waals surface area (Å²) in [5.74, 6) is 0.390. The molecule has 1 aliphatic rings. The van der Waals surface area contributed by atoms with Crippen molar-refractivity contribution in [3.8, 4) is 17.2 Å². The number of nitrogens with zero attached hydrogens (tertiary/aromatic N) is 4. The Kier molecular flexibility index (Phi) is 4.96. The molecule has 1 fully saturated rings. The summed E-state index contributed by atoms with van der Waals surface area (Å²) >= 11 is 1.59. The fourth-order valence-corrected chi connectivity index (χ4v) is 4.66. The number of thiazole rings is 1. The van der Waals surface area contributed by atoms with Crippen molar-refractivity contribution >= 4 is 27.5 Å². The molecule has 4 aromatic rings. The van der Waals surface area contributed by atoms with E-state index < -0.39 is 5.54 Å². The van der Waals surface area contributed by atoms with Crippen LogP contribution in [-0.2, 0) is 17.6 Å². The smallest absolute Gasteiger partial charge is 0.230 e. The maximum Gasteiger partial charge on any atom is 0.230 e. The van der Waals surface area contributed by atoms with Gasteiger partial charge in [0.2, 0.25) is 17.7 Å². The SMILES string of the molecule is N#CC1(NC(=O)Cc2nnc(Cc3nc4ccc(-c5ccccc5)cc4s3)o2)CCC1. The van der Waals surface area contributed by atoms with Gasteiger partial charge in [-0.2, -0.15) is 5.26 Å². The molecule has 1 N–H and O–H groups in total. The van der Waals surface area contributed by atoms with E-state index in [1.54, 1.807) is 11.3 Å².